The van der Waals surface area contributed by atoms with Crippen LogP contribution in [0.2, 0.25) is 0 Å². The van der Waals surface area contributed by atoms with E-state index < -0.39 is 28.9 Å². The number of rotatable bonds is 7. The summed E-state index contributed by atoms with van der Waals surface area (Å²) in [5.74, 6) is -2.66. The number of anilines is 3. The Labute approximate surface area is 207 Å². The van der Waals surface area contributed by atoms with E-state index in [1.165, 1.54) is 6.07 Å². The van der Waals surface area contributed by atoms with Gasteiger partial charge in [0.1, 0.15) is 6.07 Å². The highest BCUT2D eigenvalue weighted by molar-refractivity contribution is 6.00. The smallest absolute Gasteiger partial charge is 0.326 e. The fourth-order valence-corrected chi connectivity index (χ4v) is 3.58. The first-order valence-electron chi connectivity index (χ1n) is 11.3. The van der Waals surface area contributed by atoms with Gasteiger partial charge in [0.25, 0.3) is 0 Å². The zero-order valence-electron chi connectivity index (χ0n) is 20.5. The Balaban J connectivity index is 1.89. The molecule has 3 aromatic rings. The molecule has 0 saturated carbocycles. The topological polar surface area (TPSA) is 123 Å². The molecule has 0 atom stereocenters. The van der Waals surface area contributed by atoms with Gasteiger partial charge in [0, 0.05) is 32.3 Å². The Morgan fingerprint density at radius 1 is 1.17 bits per heavy atom. The molecule has 1 heterocycles. The lowest BCUT2D eigenvalue weighted by Crippen LogP contribution is -2.29. The lowest BCUT2D eigenvalue weighted by Gasteiger charge is -2.23. The van der Waals surface area contributed by atoms with Gasteiger partial charge in [0.15, 0.2) is 11.6 Å². The minimum Gasteiger partial charge on any atom is -0.396 e. The van der Waals surface area contributed by atoms with Crippen molar-refractivity contribution in [3.8, 4) is 6.07 Å². The summed E-state index contributed by atoms with van der Waals surface area (Å²) < 4.78 is 29.8. The summed E-state index contributed by atoms with van der Waals surface area (Å²) in [4.78, 5) is 31.2. The zero-order valence-corrected chi connectivity index (χ0v) is 20.5. The molecule has 9 nitrogen and oxygen atoms in total. The van der Waals surface area contributed by atoms with E-state index in [2.05, 4.69) is 15.6 Å². The molecule has 0 saturated heterocycles. The molecule has 0 unspecified atom stereocenters. The lowest BCUT2D eigenvalue weighted by atomic mass is 9.91. The van der Waals surface area contributed by atoms with Crippen LogP contribution in [0.1, 0.15) is 39.2 Å². The number of nitriles is 1. The predicted octanol–water partition coefficient (Wildman–Crippen LogP) is 4.61. The number of aryl methyl sites for hydroxylation is 1. The van der Waals surface area contributed by atoms with Gasteiger partial charge in [-0.15, -0.1) is 0 Å². The van der Waals surface area contributed by atoms with Gasteiger partial charge in [-0.25, -0.2) is 18.6 Å². The number of carbonyl (C=O) groups is 2. The van der Waals surface area contributed by atoms with Crippen molar-refractivity contribution in [1.29, 1.82) is 5.26 Å². The minimum atomic E-state index is -1.36. The number of hydrogen-bond acceptors (Lipinski definition) is 5. The number of halogens is 2. The number of nitrogens with zero attached hydrogens (tertiary/aromatic N) is 4. The SMILES string of the molecule is CN(C(=O)CC(C)(C)C)c1ccc2c(c1)nc(NC(=O)Nc1ccc(C#N)c(F)c1F)n2CCCO. The molecule has 3 N–H and O–H groups in total. The van der Waals surface area contributed by atoms with Crippen LogP contribution in [-0.2, 0) is 11.3 Å². The van der Waals surface area contributed by atoms with E-state index in [0.29, 0.717) is 36.1 Å². The molecule has 1 aromatic heterocycles. The van der Waals surface area contributed by atoms with Crippen LogP contribution in [0.4, 0.5) is 30.9 Å². The number of nitrogens with one attached hydrogen (secondary N) is 2. The van der Waals surface area contributed by atoms with E-state index in [1.807, 2.05) is 20.8 Å². The molecule has 0 aliphatic carbocycles. The molecule has 0 fully saturated rings. The number of fused-ring (bicyclic) bond motifs is 1. The van der Waals surface area contributed by atoms with E-state index in [0.717, 1.165) is 12.1 Å². The molecule has 0 aliphatic heterocycles. The van der Waals surface area contributed by atoms with E-state index >= 15 is 0 Å². The molecule has 190 valence electrons. The standard InChI is InChI=1S/C25H28F2N6O3/c1-25(2,3)13-20(35)32(4)16-7-9-19-18(12-16)29-23(33(19)10-5-11-34)31-24(36)30-17-8-6-15(14-28)21(26)22(17)27/h6-9,12,34H,5,10-11,13H2,1-4H3,(H2,29,30,31,36). The van der Waals surface area contributed by atoms with Crippen LogP contribution in [0.15, 0.2) is 30.3 Å². The minimum absolute atomic E-state index is 0.0593. The fourth-order valence-electron chi connectivity index (χ4n) is 3.58. The van der Waals surface area contributed by atoms with Crippen molar-refractivity contribution in [2.45, 2.75) is 40.2 Å². The third-order valence-corrected chi connectivity index (χ3v) is 5.39. The maximum atomic E-state index is 14.2. The molecular weight excluding hydrogens is 470 g/mol. The summed E-state index contributed by atoms with van der Waals surface area (Å²) in [5.41, 5.74) is 0.661. The average Bonchev–Trinajstić information content (AvgIpc) is 3.15. The van der Waals surface area contributed by atoms with E-state index in [1.54, 1.807) is 34.7 Å². The Morgan fingerprint density at radius 2 is 1.89 bits per heavy atom. The molecule has 2 aromatic carbocycles. The van der Waals surface area contributed by atoms with Crippen molar-refractivity contribution in [2.24, 2.45) is 5.41 Å². The molecule has 3 amide bonds. The van der Waals surface area contributed by atoms with Gasteiger partial charge >= 0.3 is 6.03 Å². The summed E-state index contributed by atoms with van der Waals surface area (Å²) in [7, 11) is 1.68. The molecule has 0 bridgehead atoms. The van der Waals surface area contributed by atoms with Crippen LogP contribution in [0.25, 0.3) is 11.0 Å². The van der Waals surface area contributed by atoms with Gasteiger partial charge in [-0.3, -0.25) is 10.1 Å². The quantitative estimate of drug-likeness (QED) is 0.439. The number of imidazole rings is 1. The summed E-state index contributed by atoms with van der Waals surface area (Å²) in [6.45, 7) is 6.16. The van der Waals surface area contributed by atoms with Gasteiger partial charge in [0.2, 0.25) is 11.9 Å². The van der Waals surface area contributed by atoms with Crippen molar-refractivity contribution >= 4 is 40.3 Å². The maximum Gasteiger partial charge on any atom is 0.326 e. The summed E-state index contributed by atoms with van der Waals surface area (Å²) in [6, 6.07) is 8.03. The first-order chi connectivity index (χ1) is 16.9. The predicted molar refractivity (Wildman–Crippen MR) is 133 cm³/mol. The van der Waals surface area contributed by atoms with Crippen molar-refractivity contribution in [3.05, 3.63) is 47.5 Å². The Hall–Kier alpha value is -4.04. The van der Waals surface area contributed by atoms with Gasteiger partial charge < -0.3 is 19.9 Å². The van der Waals surface area contributed by atoms with Gasteiger partial charge in [0.05, 0.1) is 22.3 Å². The molecule has 3 rings (SSSR count). The molecule has 0 radical (unpaired) electrons. The molecular formula is C25H28F2N6O3. The Bertz CT molecular complexity index is 1340. The normalized spacial score (nSPS) is 11.3. The van der Waals surface area contributed by atoms with Crippen LogP contribution in [-0.4, -0.2) is 40.3 Å². The number of aromatic nitrogens is 2. The Kier molecular flexibility index (Phi) is 7.90. The van der Waals surface area contributed by atoms with Crippen molar-refractivity contribution in [1.82, 2.24) is 9.55 Å². The number of aliphatic hydroxyl groups excluding tert-OH is 1. The summed E-state index contributed by atoms with van der Waals surface area (Å²) >= 11 is 0. The van der Waals surface area contributed by atoms with Crippen LogP contribution < -0.4 is 15.5 Å². The lowest BCUT2D eigenvalue weighted by molar-refractivity contribution is -0.120. The van der Waals surface area contributed by atoms with Gasteiger partial charge in [-0.2, -0.15) is 5.26 Å². The second-order valence-electron chi connectivity index (χ2n) is 9.51. The monoisotopic (exact) mass is 498 g/mol. The van der Waals surface area contributed by atoms with Crippen LogP contribution in [0, 0.1) is 28.4 Å². The van der Waals surface area contributed by atoms with Crippen LogP contribution in [0.3, 0.4) is 0 Å². The highest BCUT2D eigenvalue weighted by Gasteiger charge is 2.22. The molecule has 0 aliphatic rings. The second-order valence-corrected chi connectivity index (χ2v) is 9.51. The van der Waals surface area contributed by atoms with Gasteiger partial charge in [-0.05, 0) is 42.2 Å². The number of carbonyl (C=O) groups excluding carboxylic acids is 2. The van der Waals surface area contributed by atoms with Crippen LogP contribution >= 0.6 is 0 Å². The van der Waals surface area contributed by atoms with Crippen LogP contribution in [0.5, 0.6) is 0 Å². The van der Waals surface area contributed by atoms with Crippen molar-refractivity contribution in [2.75, 3.05) is 29.2 Å². The Morgan fingerprint density at radius 3 is 2.53 bits per heavy atom. The first kappa shape index (κ1) is 26.6. The highest BCUT2D eigenvalue weighted by atomic mass is 19.2. The summed E-state index contributed by atoms with van der Waals surface area (Å²) in [5, 5.41) is 22.8. The van der Waals surface area contributed by atoms with E-state index in [4.69, 9.17) is 5.26 Å². The molecule has 11 heteroatoms. The number of urea groups is 1. The van der Waals surface area contributed by atoms with Crippen molar-refractivity contribution in [3.63, 3.8) is 0 Å². The number of amides is 3. The fraction of sp³-hybridized carbons (Fsp3) is 0.360. The number of aliphatic hydroxyl groups is 1. The van der Waals surface area contributed by atoms with Crippen molar-refractivity contribution < 1.29 is 23.5 Å². The molecule has 0 spiro atoms. The second kappa shape index (κ2) is 10.7. The third-order valence-electron chi connectivity index (χ3n) is 5.39. The molecule has 36 heavy (non-hydrogen) atoms. The average molecular weight is 499 g/mol. The third kappa shape index (κ3) is 5.95. The first-order valence-corrected chi connectivity index (χ1v) is 11.3. The number of hydrogen-bond donors (Lipinski definition) is 3. The van der Waals surface area contributed by atoms with Gasteiger partial charge in [-0.1, -0.05) is 20.8 Å². The number of benzene rings is 2. The zero-order chi connectivity index (χ0) is 26.6. The van der Waals surface area contributed by atoms with E-state index in [9.17, 15) is 23.5 Å². The van der Waals surface area contributed by atoms with E-state index in [-0.39, 0.29) is 23.9 Å². The maximum absolute atomic E-state index is 14.2. The summed E-state index contributed by atoms with van der Waals surface area (Å²) in [6.07, 6.45) is 0.731. The highest BCUT2D eigenvalue weighted by Crippen LogP contribution is 2.28. The largest absolute Gasteiger partial charge is 0.396 e.